The normalized spacial score (nSPS) is 12.6. The number of amides is 3. The van der Waals surface area contributed by atoms with Gasteiger partial charge in [0.15, 0.2) is 11.5 Å². The summed E-state index contributed by atoms with van der Waals surface area (Å²) in [4.78, 5) is 39.0. The number of hydrogen-bond acceptors (Lipinski definition) is 7. The van der Waals surface area contributed by atoms with Crippen LogP contribution >= 0.6 is 0 Å². The number of nitrogens with zero attached hydrogens (tertiary/aromatic N) is 1. The van der Waals surface area contributed by atoms with Crippen molar-refractivity contribution in [3.05, 3.63) is 78.3 Å². The van der Waals surface area contributed by atoms with Gasteiger partial charge >= 0.3 is 0 Å². The minimum Gasteiger partial charge on any atom is -0.467 e. The van der Waals surface area contributed by atoms with Crippen LogP contribution in [0.3, 0.4) is 0 Å². The maximum Gasteiger partial charge on any atom is 0.239 e. The zero-order valence-electron chi connectivity index (χ0n) is 19.3. The largest absolute Gasteiger partial charge is 0.467 e. The smallest absolute Gasteiger partial charge is 0.239 e. The lowest BCUT2D eigenvalue weighted by Crippen LogP contribution is -2.42. The molecule has 1 atom stereocenters. The van der Waals surface area contributed by atoms with Crippen molar-refractivity contribution < 1.29 is 32.5 Å². The predicted molar refractivity (Wildman–Crippen MR) is 131 cm³/mol. The van der Waals surface area contributed by atoms with Crippen molar-refractivity contribution in [2.45, 2.75) is 13.1 Å². The Balaban J connectivity index is 1.30. The van der Waals surface area contributed by atoms with Gasteiger partial charge in [0.05, 0.1) is 12.8 Å². The van der Waals surface area contributed by atoms with Gasteiger partial charge in [-0.25, -0.2) is 0 Å². The van der Waals surface area contributed by atoms with Crippen molar-refractivity contribution in [1.82, 2.24) is 10.2 Å². The SMILES string of the molecule is O=C(CN(Cc1ccco1)C(=O)C[S@@](=O)CC(=O)Nc1ccc2c(c1)OCO2)NCc1ccccc1. The van der Waals surface area contributed by atoms with Gasteiger partial charge in [-0.2, -0.15) is 0 Å². The predicted octanol–water partition coefficient (Wildman–Crippen LogP) is 2.04. The number of hydrogen-bond donors (Lipinski definition) is 2. The van der Waals surface area contributed by atoms with Crippen molar-refractivity contribution in [2.24, 2.45) is 0 Å². The van der Waals surface area contributed by atoms with Crippen LogP contribution in [0.15, 0.2) is 71.3 Å². The lowest BCUT2D eigenvalue weighted by atomic mass is 10.2. The molecule has 2 N–H and O–H groups in total. The third-order valence-corrected chi connectivity index (χ3v) is 6.33. The topological polar surface area (TPSA) is 127 Å². The Hall–Kier alpha value is -4.12. The van der Waals surface area contributed by atoms with Crippen LogP contribution in [-0.4, -0.2) is 51.7 Å². The maximum atomic E-state index is 12.9. The number of anilines is 1. The van der Waals surface area contributed by atoms with E-state index in [1.807, 2.05) is 30.3 Å². The minimum atomic E-state index is -1.79. The molecule has 2 aromatic carbocycles. The first-order valence-electron chi connectivity index (χ1n) is 11.1. The van der Waals surface area contributed by atoms with Crippen molar-refractivity contribution >= 4 is 34.2 Å². The molecule has 3 amide bonds. The fraction of sp³-hybridized carbons (Fsp3) is 0.240. The van der Waals surface area contributed by atoms with Crippen LogP contribution < -0.4 is 20.1 Å². The standard InChI is InChI=1S/C25H25N3O7S/c29-23(26-12-18-5-2-1-3-6-18)14-28(13-20-7-4-10-33-20)25(31)16-36(32)15-24(30)27-19-8-9-21-22(11-19)35-17-34-21/h1-11H,12-17H2,(H,26,29)(H,27,30)/t36-/m0/s1. The molecule has 1 aromatic heterocycles. The van der Waals surface area contributed by atoms with E-state index in [0.717, 1.165) is 5.56 Å². The maximum absolute atomic E-state index is 12.9. The number of nitrogens with one attached hydrogen (secondary N) is 2. The van der Waals surface area contributed by atoms with Gasteiger partial charge in [-0.15, -0.1) is 0 Å². The molecule has 10 nitrogen and oxygen atoms in total. The van der Waals surface area contributed by atoms with E-state index in [1.165, 1.54) is 11.2 Å². The van der Waals surface area contributed by atoms with E-state index < -0.39 is 28.4 Å². The molecule has 3 aromatic rings. The molecule has 0 saturated heterocycles. The summed E-state index contributed by atoms with van der Waals surface area (Å²) in [5.74, 6) is -0.657. The van der Waals surface area contributed by atoms with Gasteiger partial charge in [0.25, 0.3) is 0 Å². The molecule has 0 aliphatic carbocycles. The molecule has 0 radical (unpaired) electrons. The Morgan fingerprint density at radius 3 is 2.50 bits per heavy atom. The van der Waals surface area contributed by atoms with Gasteiger partial charge in [0, 0.05) is 29.1 Å². The first-order chi connectivity index (χ1) is 17.5. The molecular formula is C25H25N3O7S. The van der Waals surface area contributed by atoms with Crippen LogP contribution in [0.1, 0.15) is 11.3 Å². The first kappa shape index (κ1) is 25.0. The summed E-state index contributed by atoms with van der Waals surface area (Å²) in [5, 5.41) is 5.41. The lowest BCUT2D eigenvalue weighted by Gasteiger charge is -2.21. The molecule has 11 heteroatoms. The number of fused-ring (bicyclic) bond motifs is 1. The van der Waals surface area contributed by atoms with Crippen LogP contribution in [0.4, 0.5) is 5.69 Å². The zero-order valence-corrected chi connectivity index (χ0v) is 20.1. The fourth-order valence-corrected chi connectivity index (χ4v) is 4.37. The van der Waals surface area contributed by atoms with Crippen LogP contribution in [0.2, 0.25) is 0 Å². The number of furan rings is 1. The molecule has 0 bridgehead atoms. The molecule has 0 fully saturated rings. The van der Waals surface area contributed by atoms with E-state index >= 15 is 0 Å². The van der Waals surface area contributed by atoms with E-state index in [1.54, 1.807) is 30.3 Å². The van der Waals surface area contributed by atoms with Gasteiger partial charge in [-0.1, -0.05) is 30.3 Å². The number of carbonyl (C=O) groups excluding carboxylic acids is 3. The van der Waals surface area contributed by atoms with E-state index in [2.05, 4.69) is 10.6 Å². The summed E-state index contributed by atoms with van der Waals surface area (Å²) in [5.41, 5.74) is 1.38. The Morgan fingerprint density at radius 2 is 1.72 bits per heavy atom. The van der Waals surface area contributed by atoms with Gasteiger partial charge < -0.3 is 29.4 Å². The molecule has 4 rings (SSSR count). The number of carbonyl (C=O) groups is 3. The van der Waals surface area contributed by atoms with Crippen molar-refractivity contribution in [3.8, 4) is 11.5 Å². The number of benzene rings is 2. The molecule has 0 unspecified atom stereocenters. The lowest BCUT2D eigenvalue weighted by molar-refractivity contribution is -0.134. The van der Waals surface area contributed by atoms with E-state index in [9.17, 15) is 18.6 Å². The van der Waals surface area contributed by atoms with Crippen LogP contribution in [-0.2, 0) is 38.3 Å². The second-order valence-corrected chi connectivity index (χ2v) is 9.39. The summed E-state index contributed by atoms with van der Waals surface area (Å²) in [6.07, 6.45) is 1.46. The fourth-order valence-electron chi connectivity index (χ4n) is 3.45. The van der Waals surface area contributed by atoms with E-state index in [-0.39, 0.29) is 31.5 Å². The van der Waals surface area contributed by atoms with Gasteiger partial charge in [0.1, 0.15) is 23.8 Å². The molecule has 36 heavy (non-hydrogen) atoms. The van der Waals surface area contributed by atoms with Crippen molar-refractivity contribution in [1.29, 1.82) is 0 Å². The van der Waals surface area contributed by atoms with Crippen molar-refractivity contribution in [2.75, 3.05) is 30.2 Å². The zero-order chi connectivity index (χ0) is 25.3. The summed E-state index contributed by atoms with van der Waals surface area (Å²) < 4.78 is 28.4. The molecule has 2 heterocycles. The highest BCUT2D eigenvalue weighted by Gasteiger charge is 2.22. The Morgan fingerprint density at radius 1 is 0.917 bits per heavy atom. The van der Waals surface area contributed by atoms with Crippen molar-refractivity contribution in [3.63, 3.8) is 0 Å². The Kier molecular flexibility index (Phi) is 8.35. The van der Waals surface area contributed by atoms with Gasteiger partial charge in [-0.05, 0) is 29.8 Å². The van der Waals surface area contributed by atoms with E-state index in [4.69, 9.17) is 13.9 Å². The summed E-state index contributed by atoms with van der Waals surface area (Å²) in [6, 6.07) is 17.6. The highest BCUT2D eigenvalue weighted by Crippen LogP contribution is 2.34. The second-order valence-electron chi connectivity index (χ2n) is 7.94. The molecular weight excluding hydrogens is 486 g/mol. The summed E-state index contributed by atoms with van der Waals surface area (Å²) >= 11 is 0. The van der Waals surface area contributed by atoms with Crippen LogP contribution in [0.25, 0.3) is 0 Å². The van der Waals surface area contributed by atoms with E-state index in [0.29, 0.717) is 29.5 Å². The summed E-state index contributed by atoms with van der Waals surface area (Å²) in [7, 11) is -1.79. The van der Waals surface area contributed by atoms with Crippen LogP contribution in [0.5, 0.6) is 11.5 Å². The van der Waals surface area contributed by atoms with Crippen LogP contribution in [0, 0.1) is 0 Å². The Labute approximate surface area is 210 Å². The number of rotatable bonds is 11. The van der Waals surface area contributed by atoms with Gasteiger partial charge in [-0.3, -0.25) is 18.6 Å². The molecule has 0 spiro atoms. The monoisotopic (exact) mass is 511 g/mol. The molecule has 1 aliphatic rings. The number of ether oxygens (including phenoxy) is 2. The molecule has 1 aliphatic heterocycles. The average molecular weight is 512 g/mol. The highest BCUT2D eigenvalue weighted by atomic mass is 32.2. The quantitative estimate of drug-likeness (QED) is 0.403. The second kappa shape index (κ2) is 12.0. The van der Waals surface area contributed by atoms with Gasteiger partial charge in [0.2, 0.25) is 24.5 Å². The minimum absolute atomic E-state index is 0.0329. The third kappa shape index (κ3) is 7.19. The average Bonchev–Trinajstić information content (AvgIpc) is 3.54. The molecule has 0 saturated carbocycles. The highest BCUT2D eigenvalue weighted by molar-refractivity contribution is 7.86. The third-order valence-electron chi connectivity index (χ3n) is 5.18. The Bertz CT molecular complexity index is 1230. The first-order valence-corrected chi connectivity index (χ1v) is 12.6. The molecule has 188 valence electrons. The summed E-state index contributed by atoms with van der Waals surface area (Å²) in [6.45, 7) is 0.213.